The van der Waals surface area contributed by atoms with Gasteiger partial charge in [0.2, 0.25) is 0 Å². The van der Waals surface area contributed by atoms with Crippen molar-refractivity contribution in [2.75, 3.05) is 13.2 Å². The summed E-state index contributed by atoms with van der Waals surface area (Å²) in [7, 11) is -4.01. The first-order chi connectivity index (χ1) is 13.6. The highest BCUT2D eigenvalue weighted by Gasteiger charge is 2.60. The monoisotopic (exact) mass is 435 g/mol. The van der Waals surface area contributed by atoms with Crippen molar-refractivity contribution < 1.29 is 32.3 Å². The number of halogens is 1. The Balaban J connectivity index is 1.73. The molecule has 29 heavy (non-hydrogen) atoms. The molecular weight excluding hydrogens is 412 g/mol. The molecule has 13 heteroatoms. The molecule has 2 saturated heterocycles. The van der Waals surface area contributed by atoms with E-state index in [2.05, 4.69) is 10.1 Å². The summed E-state index contributed by atoms with van der Waals surface area (Å²) < 4.78 is 50.6. The molecule has 0 aromatic carbocycles. The molecule has 2 aliphatic heterocycles. The molecule has 0 radical (unpaired) electrons. The molecule has 0 unspecified atom stereocenters. The molecule has 0 bridgehead atoms. The molecule has 0 amide bonds. The average molecular weight is 435 g/mol. The number of ether oxygens (including phenoxy) is 2. The van der Waals surface area contributed by atoms with Crippen LogP contribution in [0.25, 0.3) is 0 Å². The summed E-state index contributed by atoms with van der Waals surface area (Å²) in [4.78, 5) is 36.9. The van der Waals surface area contributed by atoms with Gasteiger partial charge in [-0.1, -0.05) is 0 Å². The van der Waals surface area contributed by atoms with Gasteiger partial charge in [0.25, 0.3) is 5.56 Å². The number of aromatic amines is 1. The van der Waals surface area contributed by atoms with Gasteiger partial charge in [0, 0.05) is 12.3 Å². The summed E-state index contributed by atoms with van der Waals surface area (Å²) in [5, 5.41) is 2.43. The molecular formula is C16H23FN3O8P. The molecule has 0 saturated carbocycles. The summed E-state index contributed by atoms with van der Waals surface area (Å²) in [5.41, 5.74) is -3.41. The van der Waals surface area contributed by atoms with Gasteiger partial charge in [-0.25, -0.2) is 18.8 Å². The maximum atomic E-state index is 15.5. The van der Waals surface area contributed by atoms with Crippen LogP contribution in [0, 0.1) is 0 Å². The maximum Gasteiger partial charge on any atom is 0.406 e. The third-order valence-electron chi connectivity index (χ3n) is 4.77. The van der Waals surface area contributed by atoms with Crippen molar-refractivity contribution in [3.05, 3.63) is 33.1 Å². The van der Waals surface area contributed by atoms with Crippen LogP contribution in [0.15, 0.2) is 21.9 Å². The lowest BCUT2D eigenvalue weighted by molar-refractivity contribution is -0.145. The Morgan fingerprint density at radius 2 is 2.28 bits per heavy atom. The van der Waals surface area contributed by atoms with E-state index < -0.39 is 55.0 Å². The van der Waals surface area contributed by atoms with Crippen LogP contribution in [0.1, 0.15) is 20.8 Å². The van der Waals surface area contributed by atoms with Crippen molar-refractivity contribution in [1.29, 1.82) is 0 Å². The topological polar surface area (TPSA) is 138 Å². The van der Waals surface area contributed by atoms with Crippen LogP contribution >= 0.6 is 7.75 Å². The standard InChI is InChI=1S/C16H23FN3O8P/c1-4-25-14(22)9(2)19-29(24)26-8-10-13(28-29)16(3,17)11(27-10)7-20-6-5-12(21)18-15(20)23/h5-6,9-11,13H,4,7-8H2,1-3H3,(H,19,24)(H,18,21,23)/t9-,10+,11-,13+,16-,29+/m0/s1. The number of hydrogen-bond donors (Lipinski definition) is 2. The predicted molar refractivity (Wildman–Crippen MR) is 97.2 cm³/mol. The average Bonchev–Trinajstić information content (AvgIpc) is 2.87. The predicted octanol–water partition coefficient (Wildman–Crippen LogP) is 0.0969. The number of nitrogens with zero attached hydrogens (tertiary/aromatic N) is 1. The first kappa shape index (κ1) is 21.8. The molecule has 0 aliphatic carbocycles. The lowest BCUT2D eigenvalue weighted by atomic mass is 9.95. The maximum absolute atomic E-state index is 15.5. The largest absolute Gasteiger partial charge is 0.465 e. The summed E-state index contributed by atoms with van der Waals surface area (Å²) in [5.74, 6) is -0.655. The number of hydrogen-bond acceptors (Lipinski definition) is 8. The molecule has 6 atom stereocenters. The van der Waals surface area contributed by atoms with Gasteiger partial charge in [-0.05, 0) is 20.8 Å². The van der Waals surface area contributed by atoms with Gasteiger partial charge in [0.05, 0.1) is 19.8 Å². The smallest absolute Gasteiger partial charge is 0.406 e. The molecule has 2 N–H and O–H groups in total. The van der Waals surface area contributed by atoms with E-state index in [0.29, 0.717) is 0 Å². The quantitative estimate of drug-likeness (QED) is 0.470. The number of H-pyrrole nitrogens is 1. The van der Waals surface area contributed by atoms with Crippen LogP contribution in [0.3, 0.4) is 0 Å². The molecule has 162 valence electrons. The van der Waals surface area contributed by atoms with E-state index in [9.17, 15) is 18.9 Å². The Morgan fingerprint density at radius 1 is 1.55 bits per heavy atom. The third kappa shape index (κ3) is 4.51. The minimum atomic E-state index is -4.01. The van der Waals surface area contributed by atoms with Gasteiger partial charge in [-0.3, -0.25) is 28.2 Å². The van der Waals surface area contributed by atoms with Crippen LogP contribution in [0.4, 0.5) is 4.39 Å². The molecule has 2 aliphatic rings. The summed E-state index contributed by atoms with van der Waals surface area (Å²) >= 11 is 0. The van der Waals surface area contributed by atoms with Gasteiger partial charge in [0.1, 0.15) is 24.4 Å². The number of esters is 1. The van der Waals surface area contributed by atoms with Gasteiger partial charge >= 0.3 is 19.4 Å². The fourth-order valence-corrected chi connectivity index (χ4v) is 4.98. The lowest BCUT2D eigenvalue weighted by Gasteiger charge is -2.35. The van der Waals surface area contributed by atoms with Crippen LogP contribution in [-0.4, -0.2) is 58.8 Å². The van der Waals surface area contributed by atoms with E-state index >= 15 is 4.39 Å². The fourth-order valence-electron chi connectivity index (χ4n) is 3.22. The van der Waals surface area contributed by atoms with Gasteiger partial charge < -0.3 is 9.47 Å². The minimum absolute atomic E-state index is 0.143. The summed E-state index contributed by atoms with van der Waals surface area (Å²) in [6.45, 7) is 3.97. The highest BCUT2D eigenvalue weighted by Crippen LogP contribution is 2.55. The SMILES string of the molecule is CCOC(=O)[C@H](C)N[P@@]1(=O)OC[C@H]2O[C@@H](Cn3ccc(=O)[nH]c3=O)[C@](C)(F)[C@@H]2O1. The van der Waals surface area contributed by atoms with Crippen molar-refractivity contribution >= 4 is 13.7 Å². The number of nitrogens with one attached hydrogen (secondary N) is 2. The Morgan fingerprint density at radius 3 is 2.93 bits per heavy atom. The zero-order chi connectivity index (χ0) is 21.4. The van der Waals surface area contributed by atoms with Crippen LogP contribution < -0.4 is 16.3 Å². The van der Waals surface area contributed by atoms with Crippen molar-refractivity contribution in [2.45, 2.75) is 57.3 Å². The minimum Gasteiger partial charge on any atom is -0.465 e. The third-order valence-corrected chi connectivity index (χ3v) is 6.47. The number of alkyl halides is 1. The fraction of sp³-hybridized carbons (Fsp3) is 0.688. The van der Waals surface area contributed by atoms with E-state index in [1.165, 1.54) is 20.0 Å². The van der Waals surface area contributed by atoms with Crippen LogP contribution in [0.5, 0.6) is 0 Å². The number of carbonyl (C=O) groups is 1. The summed E-state index contributed by atoms with van der Waals surface area (Å²) in [6, 6.07) is 0.133. The second-order valence-corrected chi connectivity index (χ2v) is 8.72. The van der Waals surface area contributed by atoms with E-state index in [1.54, 1.807) is 6.92 Å². The molecule has 11 nitrogen and oxygen atoms in total. The summed E-state index contributed by atoms with van der Waals surface area (Å²) in [6.07, 6.45) is -2.02. The molecule has 1 aromatic heterocycles. The second-order valence-electron chi connectivity index (χ2n) is 7.00. The van der Waals surface area contributed by atoms with Crippen molar-refractivity contribution in [3.63, 3.8) is 0 Å². The molecule has 1 aromatic rings. The van der Waals surface area contributed by atoms with Crippen LogP contribution in [-0.2, 0) is 34.4 Å². The highest BCUT2D eigenvalue weighted by atomic mass is 31.2. The zero-order valence-corrected chi connectivity index (χ0v) is 17.0. The Labute approximate surface area is 165 Å². The number of aromatic nitrogens is 2. The Bertz CT molecular complexity index is 931. The van der Waals surface area contributed by atoms with Crippen molar-refractivity contribution in [3.8, 4) is 0 Å². The van der Waals surface area contributed by atoms with Gasteiger partial charge in [0.15, 0.2) is 5.67 Å². The van der Waals surface area contributed by atoms with E-state index in [0.717, 1.165) is 10.6 Å². The van der Waals surface area contributed by atoms with Crippen molar-refractivity contribution in [1.82, 2.24) is 14.6 Å². The van der Waals surface area contributed by atoms with E-state index in [-0.39, 0.29) is 19.8 Å². The number of fused-ring (bicyclic) bond motifs is 1. The molecule has 3 heterocycles. The van der Waals surface area contributed by atoms with Crippen molar-refractivity contribution in [2.24, 2.45) is 0 Å². The second kappa shape index (κ2) is 8.11. The molecule has 0 spiro atoms. The Hall–Kier alpha value is -1.85. The molecule has 3 rings (SSSR count). The number of carbonyl (C=O) groups excluding carboxylic acids is 1. The Kier molecular flexibility index (Phi) is 6.11. The van der Waals surface area contributed by atoms with E-state index in [4.69, 9.17) is 18.5 Å². The van der Waals surface area contributed by atoms with E-state index in [1.807, 2.05) is 0 Å². The molecule has 2 fully saturated rings. The lowest BCUT2D eigenvalue weighted by Crippen LogP contribution is -2.49. The van der Waals surface area contributed by atoms with Gasteiger partial charge in [-0.15, -0.1) is 0 Å². The van der Waals surface area contributed by atoms with Crippen LogP contribution in [0.2, 0.25) is 0 Å². The first-order valence-corrected chi connectivity index (χ1v) is 10.6. The van der Waals surface area contributed by atoms with Gasteiger partial charge in [-0.2, -0.15) is 0 Å². The number of rotatable bonds is 6. The zero-order valence-electron chi connectivity index (χ0n) is 16.1. The highest BCUT2D eigenvalue weighted by molar-refractivity contribution is 7.51. The normalized spacial score (nSPS) is 35.1. The first-order valence-electron chi connectivity index (χ1n) is 9.07.